The maximum absolute atomic E-state index is 12.3. The number of ether oxygens (including phenoxy) is 1. The molecule has 0 aliphatic carbocycles. The van der Waals surface area contributed by atoms with Crippen molar-refractivity contribution in [2.24, 2.45) is 13.0 Å². The molecule has 1 aromatic carbocycles. The number of hydrogen-bond acceptors (Lipinski definition) is 4. The van der Waals surface area contributed by atoms with Crippen LogP contribution in [-0.2, 0) is 24.8 Å². The summed E-state index contributed by atoms with van der Waals surface area (Å²) in [7, 11) is 1.78. The third kappa shape index (κ3) is 5.55. The average molecular weight is 425 g/mol. The number of hydrogen-bond donors (Lipinski definition) is 1. The topological polar surface area (TPSA) is 59.4 Å². The number of benzene rings is 1. The molecular formula is C25H36N4O2. The Morgan fingerprint density at radius 1 is 1.16 bits per heavy atom. The number of piperidine rings is 1. The largest absolute Gasteiger partial charge is 0.370 e. The molecule has 0 bridgehead atoms. The summed E-state index contributed by atoms with van der Waals surface area (Å²) in [6.07, 6.45) is 7.16. The minimum absolute atomic E-state index is 0.000451. The van der Waals surface area contributed by atoms with E-state index in [1.807, 2.05) is 0 Å². The molecule has 6 nitrogen and oxygen atoms in total. The fourth-order valence-corrected chi connectivity index (χ4v) is 4.93. The number of carbonyl (C=O) groups excluding carboxylic acids is 1. The van der Waals surface area contributed by atoms with Crippen molar-refractivity contribution in [3.8, 4) is 0 Å². The molecule has 2 fully saturated rings. The van der Waals surface area contributed by atoms with Crippen molar-refractivity contribution in [1.82, 2.24) is 20.0 Å². The van der Waals surface area contributed by atoms with E-state index in [0.717, 1.165) is 51.7 Å². The summed E-state index contributed by atoms with van der Waals surface area (Å²) >= 11 is 0. The van der Waals surface area contributed by atoms with E-state index in [4.69, 9.17) is 4.74 Å². The Balaban J connectivity index is 1.21. The average Bonchev–Trinajstić information content (AvgIpc) is 3.36. The summed E-state index contributed by atoms with van der Waals surface area (Å²) in [4.78, 5) is 14.9. The van der Waals surface area contributed by atoms with Gasteiger partial charge in [-0.3, -0.25) is 14.4 Å². The van der Waals surface area contributed by atoms with E-state index in [1.54, 1.807) is 24.0 Å². The molecule has 0 radical (unpaired) electrons. The number of aryl methyl sites for hydroxylation is 1. The predicted octanol–water partition coefficient (Wildman–Crippen LogP) is 3.56. The van der Waals surface area contributed by atoms with Gasteiger partial charge in [-0.25, -0.2) is 0 Å². The van der Waals surface area contributed by atoms with Crippen LogP contribution in [0, 0.1) is 5.92 Å². The molecule has 168 valence electrons. The lowest BCUT2D eigenvalue weighted by atomic mass is 9.88. The quantitative estimate of drug-likeness (QED) is 0.738. The summed E-state index contributed by atoms with van der Waals surface area (Å²) in [5.74, 6) is 0.613. The molecule has 1 atom stereocenters. The zero-order valence-electron chi connectivity index (χ0n) is 19.1. The second-order valence-electron chi connectivity index (χ2n) is 9.70. The molecule has 1 N–H and O–H groups in total. The number of rotatable bonds is 7. The summed E-state index contributed by atoms with van der Waals surface area (Å²) in [6, 6.07) is 10.9. The van der Waals surface area contributed by atoms with Crippen molar-refractivity contribution in [2.45, 2.75) is 64.2 Å². The molecule has 3 heterocycles. The molecule has 1 spiro atoms. The van der Waals surface area contributed by atoms with E-state index in [-0.39, 0.29) is 17.6 Å². The van der Waals surface area contributed by atoms with Gasteiger partial charge in [-0.2, -0.15) is 5.10 Å². The Hall–Kier alpha value is -2.18. The van der Waals surface area contributed by atoms with Crippen molar-refractivity contribution in [3.63, 3.8) is 0 Å². The van der Waals surface area contributed by atoms with Crippen molar-refractivity contribution < 1.29 is 9.53 Å². The van der Waals surface area contributed by atoms with Gasteiger partial charge in [0.05, 0.1) is 11.7 Å². The van der Waals surface area contributed by atoms with E-state index in [1.165, 1.54) is 11.1 Å². The number of carbonyl (C=O) groups is 1. The second-order valence-corrected chi connectivity index (χ2v) is 9.70. The molecule has 4 rings (SSSR count). The van der Waals surface area contributed by atoms with Gasteiger partial charge < -0.3 is 10.1 Å². The third-order valence-electron chi connectivity index (χ3n) is 6.72. The van der Waals surface area contributed by atoms with Crippen LogP contribution in [0.4, 0.5) is 0 Å². The molecule has 2 saturated heterocycles. The van der Waals surface area contributed by atoms with E-state index in [0.29, 0.717) is 18.2 Å². The number of nitrogens with zero attached hydrogens (tertiary/aromatic N) is 3. The zero-order valence-corrected chi connectivity index (χ0v) is 19.1. The summed E-state index contributed by atoms with van der Waals surface area (Å²) in [5, 5.41) is 7.07. The highest BCUT2D eigenvalue weighted by Gasteiger charge is 2.42. The van der Waals surface area contributed by atoms with E-state index in [9.17, 15) is 4.79 Å². The van der Waals surface area contributed by atoms with Crippen LogP contribution in [0.3, 0.4) is 0 Å². The minimum atomic E-state index is -0.0845. The standard InChI is InChI=1S/C25H36N4O2/c1-19(2)16-20-4-6-21(7-5-20)18-29-14-11-25(12-15-29)10-8-22(31-25)17-26-24(30)23-9-13-27-28(23)3/h4-7,9,13,19,22H,8,10-12,14-18H2,1-3H3,(H,26,30). The van der Waals surface area contributed by atoms with E-state index < -0.39 is 0 Å². The van der Waals surface area contributed by atoms with Gasteiger partial charge in [0, 0.05) is 39.4 Å². The Labute approximate surface area is 186 Å². The molecule has 31 heavy (non-hydrogen) atoms. The van der Waals surface area contributed by atoms with Crippen LogP contribution >= 0.6 is 0 Å². The highest BCUT2D eigenvalue weighted by atomic mass is 16.5. The minimum Gasteiger partial charge on any atom is -0.370 e. The number of aromatic nitrogens is 2. The first-order valence-corrected chi connectivity index (χ1v) is 11.7. The first kappa shape index (κ1) is 22.0. The third-order valence-corrected chi connectivity index (χ3v) is 6.72. The van der Waals surface area contributed by atoms with E-state index in [2.05, 4.69) is 53.4 Å². The number of likely N-dealkylation sites (tertiary alicyclic amines) is 1. The Kier molecular flexibility index (Phi) is 6.77. The number of nitrogens with one attached hydrogen (secondary N) is 1. The van der Waals surface area contributed by atoms with Gasteiger partial charge in [0.1, 0.15) is 5.69 Å². The normalized spacial score (nSPS) is 21.1. The molecular weight excluding hydrogens is 388 g/mol. The highest BCUT2D eigenvalue weighted by Crippen LogP contribution is 2.39. The SMILES string of the molecule is CC(C)Cc1ccc(CN2CCC3(CCC(CNC(=O)c4ccnn4C)O3)CC2)cc1. The van der Waals surface area contributed by atoms with Gasteiger partial charge in [0.2, 0.25) is 0 Å². The van der Waals surface area contributed by atoms with Crippen LogP contribution in [0.15, 0.2) is 36.5 Å². The van der Waals surface area contributed by atoms with Gasteiger partial charge >= 0.3 is 0 Å². The van der Waals surface area contributed by atoms with Crippen molar-refractivity contribution in [3.05, 3.63) is 53.3 Å². The van der Waals surface area contributed by atoms with Crippen molar-refractivity contribution in [2.75, 3.05) is 19.6 Å². The lowest BCUT2D eigenvalue weighted by molar-refractivity contribution is -0.0764. The zero-order chi connectivity index (χ0) is 21.8. The Morgan fingerprint density at radius 2 is 1.87 bits per heavy atom. The van der Waals surface area contributed by atoms with Crippen LogP contribution in [0.2, 0.25) is 0 Å². The molecule has 2 aromatic rings. The molecule has 0 saturated carbocycles. The fourth-order valence-electron chi connectivity index (χ4n) is 4.93. The van der Waals surface area contributed by atoms with Crippen LogP contribution in [0.5, 0.6) is 0 Å². The molecule has 2 aliphatic heterocycles. The summed E-state index contributed by atoms with van der Waals surface area (Å²) in [6.45, 7) is 8.26. The van der Waals surface area contributed by atoms with Gasteiger partial charge in [-0.1, -0.05) is 38.1 Å². The summed E-state index contributed by atoms with van der Waals surface area (Å²) < 4.78 is 8.07. The van der Waals surface area contributed by atoms with Crippen molar-refractivity contribution in [1.29, 1.82) is 0 Å². The van der Waals surface area contributed by atoms with Gasteiger partial charge in [-0.15, -0.1) is 0 Å². The molecule has 1 unspecified atom stereocenters. The Morgan fingerprint density at radius 3 is 2.52 bits per heavy atom. The lowest BCUT2D eigenvalue weighted by Gasteiger charge is -2.39. The van der Waals surface area contributed by atoms with Gasteiger partial charge in [0.15, 0.2) is 0 Å². The molecule has 6 heteroatoms. The van der Waals surface area contributed by atoms with Gasteiger partial charge in [0.25, 0.3) is 5.91 Å². The fraction of sp³-hybridized carbons (Fsp3) is 0.600. The second kappa shape index (κ2) is 9.53. The van der Waals surface area contributed by atoms with Crippen LogP contribution < -0.4 is 5.32 Å². The lowest BCUT2D eigenvalue weighted by Crippen LogP contribution is -2.44. The van der Waals surface area contributed by atoms with Crippen molar-refractivity contribution >= 4 is 5.91 Å². The first-order chi connectivity index (χ1) is 14.9. The molecule has 1 aromatic heterocycles. The van der Waals surface area contributed by atoms with Crippen LogP contribution in [0.25, 0.3) is 0 Å². The Bertz CT molecular complexity index is 866. The smallest absolute Gasteiger partial charge is 0.269 e. The summed E-state index contributed by atoms with van der Waals surface area (Å²) in [5.41, 5.74) is 3.40. The predicted molar refractivity (Wildman–Crippen MR) is 122 cm³/mol. The number of amides is 1. The van der Waals surface area contributed by atoms with Crippen LogP contribution in [-0.4, -0.2) is 51.9 Å². The molecule has 1 amide bonds. The maximum atomic E-state index is 12.3. The van der Waals surface area contributed by atoms with E-state index >= 15 is 0 Å². The van der Waals surface area contributed by atoms with Crippen LogP contribution in [0.1, 0.15) is 61.1 Å². The maximum Gasteiger partial charge on any atom is 0.269 e. The highest BCUT2D eigenvalue weighted by molar-refractivity contribution is 5.92. The molecule has 2 aliphatic rings. The monoisotopic (exact) mass is 424 g/mol. The first-order valence-electron chi connectivity index (χ1n) is 11.7. The van der Waals surface area contributed by atoms with Gasteiger partial charge in [-0.05, 0) is 55.2 Å².